The van der Waals surface area contributed by atoms with E-state index < -0.39 is 4.92 Å². The number of hydrogen-bond donors (Lipinski definition) is 0. The molecule has 0 spiro atoms. The molecule has 4 aromatic rings. The standard InChI is InChI=1S/C24H21N5O2S/c1-3-28-23(18-7-5-4-6-8-18)26-27-24(28)32-22-14-13-21(29(30)31)15-19(22)16-25-20-11-9-17(2)10-12-20/h4-16H,3H2,1-2H3. The lowest BCUT2D eigenvalue weighted by molar-refractivity contribution is -0.384. The van der Waals surface area contributed by atoms with E-state index in [1.807, 2.05) is 73.0 Å². The minimum atomic E-state index is -0.403. The molecule has 0 aliphatic heterocycles. The summed E-state index contributed by atoms with van der Waals surface area (Å²) in [4.78, 5) is 16.2. The third-order valence-corrected chi connectivity index (χ3v) is 5.93. The quantitative estimate of drug-likeness (QED) is 0.196. The van der Waals surface area contributed by atoms with Gasteiger partial charge in [0.1, 0.15) is 0 Å². The van der Waals surface area contributed by atoms with Crippen molar-refractivity contribution in [3.63, 3.8) is 0 Å². The molecule has 4 rings (SSSR count). The molecule has 0 saturated carbocycles. The summed E-state index contributed by atoms with van der Waals surface area (Å²) in [6.45, 7) is 4.74. The number of aryl methyl sites for hydroxylation is 1. The zero-order chi connectivity index (χ0) is 22.5. The largest absolute Gasteiger partial charge is 0.302 e. The normalized spacial score (nSPS) is 11.2. The van der Waals surface area contributed by atoms with Crippen molar-refractivity contribution in [2.24, 2.45) is 4.99 Å². The summed E-state index contributed by atoms with van der Waals surface area (Å²) in [6.07, 6.45) is 1.66. The lowest BCUT2D eigenvalue weighted by atomic mass is 10.2. The van der Waals surface area contributed by atoms with Crippen LogP contribution in [-0.2, 0) is 6.54 Å². The van der Waals surface area contributed by atoms with Crippen LogP contribution in [0.3, 0.4) is 0 Å². The van der Waals surface area contributed by atoms with Crippen LogP contribution in [-0.4, -0.2) is 25.9 Å². The van der Waals surface area contributed by atoms with E-state index in [0.29, 0.717) is 17.3 Å². The SMILES string of the molecule is CCn1c(Sc2ccc([N+](=O)[O-])cc2C=Nc2ccc(C)cc2)nnc1-c1ccccc1. The van der Waals surface area contributed by atoms with Crippen molar-refractivity contribution in [1.82, 2.24) is 14.8 Å². The minimum absolute atomic E-state index is 0.0154. The molecule has 8 heteroatoms. The van der Waals surface area contributed by atoms with Gasteiger partial charge in [-0.25, -0.2) is 0 Å². The van der Waals surface area contributed by atoms with Gasteiger partial charge in [-0.05, 0) is 43.8 Å². The number of benzene rings is 3. The summed E-state index contributed by atoms with van der Waals surface area (Å²) in [5, 5.41) is 20.8. The zero-order valence-corrected chi connectivity index (χ0v) is 18.5. The minimum Gasteiger partial charge on any atom is -0.302 e. The maximum absolute atomic E-state index is 11.3. The van der Waals surface area contributed by atoms with E-state index in [2.05, 4.69) is 15.2 Å². The van der Waals surface area contributed by atoms with Crippen LogP contribution in [0.1, 0.15) is 18.1 Å². The molecule has 160 valence electrons. The first-order valence-electron chi connectivity index (χ1n) is 10.1. The third-order valence-electron chi connectivity index (χ3n) is 4.86. The number of nitro benzene ring substituents is 1. The molecule has 0 radical (unpaired) electrons. The van der Waals surface area contributed by atoms with Gasteiger partial charge >= 0.3 is 0 Å². The third kappa shape index (κ3) is 4.76. The van der Waals surface area contributed by atoms with Gasteiger partial charge in [-0.1, -0.05) is 48.0 Å². The van der Waals surface area contributed by atoms with Crippen molar-refractivity contribution in [2.75, 3.05) is 0 Å². The monoisotopic (exact) mass is 443 g/mol. The van der Waals surface area contributed by atoms with Crippen LogP contribution in [0.15, 0.2) is 87.8 Å². The average molecular weight is 444 g/mol. The molecule has 3 aromatic carbocycles. The molecule has 0 amide bonds. The van der Waals surface area contributed by atoms with Crippen molar-refractivity contribution < 1.29 is 4.92 Å². The summed E-state index contributed by atoms with van der Waals surface area (Å²) >= 11 is 1.41. The summed E-state index contributed by atoms with van der Waals surface area (Å²) in [6, 6.07) is 22.4. The van der Waals surface area contributed by atoms with E-state index in [1.54, 1.807) is 12.3 Å². The van der Waals surface area contributed by atoms with Crippen LogP contribution in [0, 0.1) is 17.0 Å². The molecule has 0 bridgehead atoms. The number of nitro groups is 1. The number of non-ortho nitro benzene ring substituents is 1. The fraction of sp³-hybridized carbons (Fsp3) is 0.125. The van der Waals surface area contributed by atoms with E-state index in [0.717, 1.165) is 27.5 Å². The Morgan fingerprint density at radius 1 is 1.06 bits per heavy atom. The van der Waals surface area contributed by atoms with Crippen LogP contribution < -0.4 is 0 Å². The highest BCUT2D eigenvalue weighted by Crippen LogP contribution is 2.33. The molecular formula is C24H21N5O2S. The van der Waals surface area contributed by atoms with Gasteiger partial charge in [-0.2, -0.15) is 0 Å². The number of hydrogen-bond acceptors (Lipinski definition) is 6. The van der Waals surface area contributed by atoms with Crippen molar-refractivity contribution in [3.8, 4) is 11.4 Å². The summed E-state index contributed by atoms with van der Waals surface area (Å²) < 4.78 is 2.03. The maximum atomic E-state index is 11.3. The molecular weight excluding hydrogens is 422 g/mol. The Morgan fingerprint density at radius 3 is 2.50 bits per heavy atom. The smallest absolute Gasteiger partial charge is 0.270 e. The van der Waals surface area contributed by atoms with Gasteiger partial charge in [-0.3, -0.25) is 15.1 Å². The Morgan fingerprint density at radius 2 is 1.81 bits per heavy atom. The van der Waals surface area contributed by atoms with Gasteiger partial charge in [0.25, 0.3) is 5.69 Å². The Labute approximate surface area is 190 Å². The Kier molecular flexibility index (Phi) is 6.42. The average Bonchev–Trinajstić information content (AvgIpc) is 3.22. The van der Waals surface area contributed by atoms with Gasteiger partial charge < -0.3 is 4.57 Å². The Balaban J connectivity index is 1.70. The molecule has 0 saturated heterocycles. The van der Waals surface area contributed by atoms with Gasteiger partial charge in [0, 0.05) is 40.9 Å². The zero-order valence-electron chi connectivity index (χ0n) is 17.7. The molecule has 0 fully saturated rings. The van der Waals surface area contributed by atoms with E-state index in [-0.39, 0.29) is 5.69 Å². The first kappa shape index (κ1) is 21.5. The van der Waals surface area contributed by atoms with Gasteiger partial charge in [0.2, 0.25) is 0 Å². The molecule has 1 aromatic heterocycles. The van der Waals surface area contributed by atoms with Crippen LogP contribution in [0.4, 0.5) is 11.4 Å². The first-order valence-corrected chi connectivity index (χ1v) is 10.9. The highest BCUT2D eigenvalue weighted by Gasteiger charge is 2.17. The van der Waals surface area contributed by atoms with Crippen molar-refractivity contribution in [2.45, 2.75) is 30.4 Å². The molecule has 0 aliphatic rings. The van der Waals surface area contributed by atoms with Crippen LogP contribution in [0.5, 0.6) is 0 Å². The topological polar surface area (TPSA) is 86.2 Å². The van der Waals surface area contributed by atoms with Crippen LogP contribution >= 0.6 is 11.8 Å². The summed E-state index contributed by atoms with van der Waals surface area (Å²) in [5.41, 5.74) is 3.57. The number of nitrogens with zero attached hydrogens (tertiary/aromatic N) is 5. The Bertz CT molecular complexity index is 1270. The molecule has 0 N–H and O–H groups in total. The predicted octanol–water partition coefficient (Wildman–Crippen LogP) is 6.08. The summed E-state index contributed by atoms with van der Waals surface area (Å²) in [5.74, 6) is 0.785. The van der Waals surface area contributed by atoms with Crippen molar-refractivity contribution >= 4 is 29.4 Å². The fourth-order valence-corrected chi connectivity index (χ4v) is 4.14. The molecule has 0 aliphatic carbocycles. The second-order valence-corrected chi connectivity index (χ2v) is 8.10. The van der Waals surface area contributed by atoms with E-state index in [1.165, 1.54) is 23.9 Å². The lowest BCUT2D eigenvalue weighted by Gasteiger charge is -2.09. The number of aliphatic imine (C=N–C) groups is 1. The van der Waals surface area contributed by atoms with E-state index in [9.17, 15) is 10.1 Å². The van der Waals surface area contributed by atoms with Crippen molar-refractivity contribution in [3.05, 3.63) is 94.0 Å². The summed E-state index contributed by atoms with van der Waals surface area (Å²) in [7, 11) is 0. The van der Waals surface area contributed by atoms with Gasteiger partial charge in [0.05, 0.1) is 10.6 Å². The molecule has 1 heterocycles. The molecule has 0 unspecified atom stereocenters. The number of rotatable bonds is 7. The van der Waals surface area contributed by atoms with Crippen molar-refractivity contribution in [1.29, 1.82) is 0 Å². The molecule has 7 nitrogen and oxygen atoms in total. The fourth-order valence-electron chi connectivity index (χ4n) is 3.17. The highest BCUT2D eigenvalue weighted by atomic mass is 32.2. The highest BCUT2D eigenvalue weighted by molar-refractivity contribution is 7.99. The second-order valence-electron chi connectivity index (χ2n) is 7.09. The van der Waals surface area contributed by atoms with Crippen LogP contribution in [0.25, 0.3) is 11.4 Å². The lowest BCUT2D eigenvalue weighted by Crippen LogP contribution is -2.00. The Hall–Kier alpha value is -3.78. The maximum Gasteiger partial charge on any atom is 0.270 e. The van der Waals surface area contributed by atoms with E-state index in [4.69, 9.17) is 0 Å². The van der Waals surface area contributed by atoms with E-state index >= 15 is 0 Å². The predicted molar refractivity (Wildman–Crippen MR) is 127 cm³/mol. The number of aromatic nitrogens is 3. The van der Waals surface area contributed by atoms with Gasteiger partial charge in [-0.15, -0.1) is 10.2 Å². The second kappa shape index (κ2) is 9.57. The van der Waals surface area contributed by atoms with Crippen LogP contribution in [0.2, 0.25) is 0 Å². The molecule has 32 heavy (non-hydrogen) atoms. The molecule has 0 atom stereocenters. The van der Waals surface area contributed by atoms with Gasteiger partial charge in [0.15, 0.2) is 11.0 Å². The first-order chi connectivity index (χ1) is 15.5.